The Kier molecular flexibility index (Phi) is 10.1. The van der Waals surface area contributed by atoms with Crippen LogP contribution in [0.1, 0.15) is 85.0 Å². The number of hydrogen-bond acceptors (Lipinski definition) is 2. The van der Waals surface area contributed by atoms with Crippen LogP contribution >= 0.6 is 0 Å². The number of methoxy groups -OCH3 is 1. The molecule has 0 bridgehead atoms. The minimum atomic E-state index is -0.755. The van der Waals surface area contributed by atoms with Crippen molar-refractivity contribution in [1.29, 1.82) is 0 Å². The van der Waals surface area contributed by atoms with E-state index >= 15 is 0 Å². The van der Waals surface area contributed by atoms with Gasteiger partial charge in [-0.2, -0.15) is 0 Å². The number of ether oxygens (including phenoxy) is 1. The minimum Gasteiger partial charge on any atom is -0.481 e. The van der Waals surface area contributed by atoms with E-state index in [2.05, 4.69) is 32.9 Å². The molecular weight excluding hydrogens is 312 g/mol. The fourth-order valence-corrected chi connectivity index (χ4v) is 4.01. The maximum Gasteiger partial charge on any atom is 0.314 e. The van der Waals surface area contributed by atoms with Gasteiger partial charge in [0.2, 0.25) is 0 Å². The van der Waals surface area contributed by atoms with Gasteiger partial charge in [-0.05, 0) is 38.5 Å². The third-order valence-corrected chi connectivity index (χ3v) is 5.47. The van der Waals surface area contributed by atoms with Crippen molar-refractivity contribution in [3.8, 4) is 0 Å². The number of aliphatic carboxylic acids is 1. The Balaban J connectivity index is 3.28. The zero-order valence-electron chi connectivity index (χ0n) is 16.8. The molecule has 0 aromatic heterocycles. The molecule has 0 spiro atoms. The lowest BCUT2D eigenvalue weighted by atomic mass is 9.63. The van der Waals surface area contributed by atoms with Crippen molar-refractivity contribution in [1.82, 2.24) is 0 Å². The smallest absolute Gasteiger partial charge is 0.314 e. The lowest BCUT2D eigenvalue weighted by molar-refractivity contribution is -0.149. The van der Waals surface area contributed by atoms with Crippen molar-refractivity contribution in [2.45, 2.75) is 85.0 Å². The van der Waals surface area contributed by atoms with Crippen LogP contribution in [-0.2, 0) is 9.53 Å². The van der Waals surface area contributed by atoms with Gasteiger partial charge in [-0.25, -0.2) is 0 Å². The molecule has 2 atom stereocenters. The van der Waals surface area contributed by atoms with E-state index in [9.17, 15) is 9.90 Å². The Hall–Kier alpha value is -1.09. The first kappa shape index (κ1) is 22.0. The van der Waals surface area contributed by atoms with E-state index in [-0.39, 0.29) is 5.92 Å². The second-order valence-electron chi connectivity index (χ2n) is 7.43. The third-order valence-electron chi connectivity index (χ3n) is 5.47. The number of hydrogen-bond donors (Lipinski definition) is 1. The average molecular weight is 351 g/mol. The normalized spacial score (nSPS) is 23.3. The third kappa shape index (κ3) is 5.99. The highest BCUT2D eigenvalue weighted by molar-refractivity contribution is 5.79. The van der Waals surface area contributed by atoms with Crippen LogP contribution in [0.15, 0.2) is 23.3 Å². The van der Waals surface area contributed by atoms with Gasteiger partial charge >= 0.3 is 5.97 Å². The quantitative estimate of drug-likeness (QED) is 0.433. The molecule has 0 radical (unpaired) electrons. The Morgan fingerprint density at radius 3 is 2.32 bits per heavy atom. The van der Waals surface area contributed by atoms with Crippen LogP contribution in [0, 0.1) is 11.3 Å². The fraction of sp³-hybridized carbons (Fsp3) is 0.773. The van der Waals surface area contributed by atoms with Crippen LogP contribution in [0.4, 0.5) is 0 Å². The molecule has 25 heavy (non-hydrogen) atoms. The maximum atomic E-state index is 12.5. The van der Waals surface area contributed by atoms with Crippen molar-refractivity contribution in [2.24, 2.45) is 11.3 Å². The number of carboxylic acid groups (broad SMARTS) is 1. The maximum absolute atomic E-state index is 12.5. The number of carboxylic acids is 1. The summed E-state index contributed by atoms with van der Waals surface area (Å²) in [5.74, 6) is -0.591. The second-order valence-corrected chi connectivity index (χ2v) is 7.43. The highest BCUT2D eigenvalue weighted by Crippen LogP contribution is 2.47. The summed E-state index contributed by atoms with van der Waals surface area (Å²) in [4.78, 5) is 12.5. The van der Waals surface area contributed by atoms with Gasteiger partial charge in [-0.3, -0.25) is 4.79 Å². The summed E-state index contributed by atoms with van der Waals surface area (Å²) in [7, 11) is 1.70. The monoisotopic (exact) mass is 350 g/mol. The van der Waals surface area contributed by atoms with Crippen LogP contribution in [0.3, 0.4) is 0 Å². The lowest BCUT2D eigenvalue weighted by Crippen LogP contribution is -2.40. The molecular formula is C22H38O3. The Labute approximate surface area is 154 Å². The average Bonchev–Trinajstić information content (AvgIpc) is 2.61. The van der Waals surface area contributed by atoms with Gasteiger partial charge in [-0.15, -0.1) is 0 Å². The molecule has 0 saturated carbocycles. The van der Waals surface area contributed by atoms with Gasteiger partial charge in [0.25, 0.3) is 0 Å². The summed E-state index contributed by atoms with van der Waals surface area (Å²) >= 11 is 0. The van der Waals surface area contributed by atoms with Crippen molar-refractivity contribution in [3.63, 3.8) is 0 Å². The topological polar surface area (TPSA) is 46.5 Å². The van der Waals surface area contributed by atoms with Crippen molar-refractivity contribution >= 4 is 5.97 Å². The molecule has 0 heterocycles. The number of carbonyl (C=O) groups is 1. The summed E-state index contributed by atoms with van der Waals surface area (Å²) in [6, 6.07) is 0. The molecule has 0 aromatic rings. The molecule has 0 fully saturated rings. The van der Waals surface area contributed by atoms with Crippen molar-refractivity contribution < 1.29 is 14.6 Å². The summed E-state index contributed by atoms with van der Waals surface area (Å²) in [5.41, 5.74) is 1.82. The van der Waals surface area contributed by atoms with Gasteiger partial charge < -0.3 is 9.84 Å². The van der Waals surface area contributed by atoms with E-state index in [1.165, 1.54) is 11.1 Å². The molecule has 1 rings (SSSR count). The molecule has 1 aliphatic carbocycles. The summed E-state index contributed by atoms with van der Waals surface area (Å²) in [5, 5.41) is 10.3. The minimum absolute atomic E-state index is 0.0634. The predicted octanol–water partition coefficient (Wildman–Crippen LogP) is 6.15. The molecule has 3 heteroatoms. The number of rotatable bonds is 13. The van der Waals surface area contributed by atoms with E-state index in [1.807, 2.05) is 0 Å². The fourth-order valence-electron chi connectivity index (χ4n) is 4.01. The van der Waals surface area contributed by atoms with Crippen molar-refractivity contribution in [2.75, 3.05) is 13.7 Å². The van der Waals surface area contributed by atoms with Crippen LogP contribution < -0.4 is 0 Å². The van der Waals surface area contributed by atoms with Crippen LogP contribution in [-0.4, -0.2) is 24.8 Å². The summed E-state index contributed by atoms with van der Waals surface area (Å²) in [6.07, 6.45) is 14.4. The molecule has 3 nitrogen and oxygen atoms in total. The van der Waals surface area contributed by atoms with E-state index in [1.54, 1.807) is 7.11 Å². The molecule has 0 amide bonds. The highest BCUT2D eigenvalue weighted by Gasteiger charge is 2.46. The Morgan fingerprint density at radius 1 is 1.12 bits per heavy atom. The Bertz CT molecular complexity index is 464. The van der Waals surface area contributed by atoms with E-state index in [0.29, 0.717) is 6.61 Å². The van der Waals surface area contributed by atoms with E-state index in [4.69, 9.17) is 4.74 Å². The van der Waals surface area contributed by atoms with Crippen LogP contribution in [0.5, 0.6) is 0 Å². The highest BCUT2D eigenvalue weighted by atomic mass is 16.5. The largest absolute Gasteiger partial charge is 0.481 e. The number of allylic oxidation sites excluding steroid dienone is 3. The Morgan fingerprint density at radius 2 is 1.76 bits per heavy atom. The zero-order valence-corrected chi connectivity index (χ0v) is 16.8. The standard InChI is InChI=1S/C22H38O3/c1-5-8-11-18-16-19(12-9-6-2)20(13-15-25-4)22(17-18,21(23)24)14-10-7-3/h16-17,20H,5-15H2,1-4H3,(H,23,24). The lowest BCUT2D eigenvalue weighted by Gasteiger charge is -2.40. The van der Waals surface area contributed by atoms with Gasteiger partial charge in [0, 0.05) is 19.6 Å². The SMILES string of the molecule is CCCCC1=CC(CCCC)(C(=O)O)C(CCOC)C(CCCC)=C1. The van der Waals surface area contributed by atoms with E-state index in [0.717, 1.165) is 64.2 Å². The second kappa shape index (κ2) is 11.5. The predicted molar refractivity (Wildman–Crippen MR) is 105 cm³/mol. The van der Waals surface area contributed by atoms with Crippen LogP contribution in [0.2, 0.25) is 0 Å². The molecule has 1 aliphatic rings. The molecule has 144 valence electrons. The van der Waals surface area contributed by atoms with Gasteiger partial charge in [0.05, 0.1) is 5.41 Å². The zero-order chi connectivity index (χ0) is 18.7. The van der Waals surface area contributed by atoms with Crippen LogP contribution in [0.25, 0.3) is 0 Å². The van der Waals surface area contributed by atoms with E-state index < -0.39 is 11.4 Å². The molecule has 2 unspecified atom stereocenters. The first-order chi connectivity index (χ1) is 12.1. The van der Waals surface area contributed by atoms with Gasteiger partial charge in [0.15, 0.2) is 0 Å². The molecule has 0 aromatic carbocycles. The molecule has 1 N–H and O–H groups in total. The summed E-state index contributed by atoms with van der Waals surface area (Å²) in [6.45, 7) is 7.14. The molecule has 0 aliphatic heterocycles. The number of unbranched alkanes of at least 4 members (excludes halogenated alkanes) is 3. The van der Waals surface area contributed by atoms with Gasteiger partial charge in [0.1, 0.15) is 0 Å². The molecule has 0 saturated heterocycles. The first-order valence-electron chi connectivity index (χ1n) is 10.2. The summed E-state index contributed by atoms with van der Waals surface area (Å²) < 4.78 is 5.33. The van der Waals surface area contributed by atoms with Gasteiger partial charge in [-0.1, -0.05) is 69.8 Å². The first-order valence-corrected chi connectivity index (χ1v) is 10.2. The van der Waals surface area contributed by atoms with Crippen molar-refractivity contribution in [3.05, 3.63) is 23.3 Å².